The van der Waals surface area contributed by atoms with E-state index in [1.165, 1.54) is 0 Å². The highest BCUT2D eigenvalue weighted by Gasteiger charge is 2.29. The van der Waals surface area contributed by atoms with E-state index >= 15 is 0 Å². The molecule has 7 nitrogen and oxygen atoms in total. The summed E-state index contributed by atoms with van der Waals surface area (Å²) in [5, 5.41) is 0. The number of nitrogens with zero attached hydrogens (tertiary/aromatic N) is 5. The summed E-state index contributed by atoms with van der Waals surface area (Å²) < 4.78 is 27.3. The fourth-order valence-corrected chi connectivity index (χ4v) is 5.03. The van der Waals surface area contributed by atoms with Crippen molar-refractivity contribution < 1.29 is 7.48 Å². The molecular weight excluding hydrogens is 450 g/mol. The molecule has 0 fully saturated rings. The van der Waals surface area contributed by atoms with Crippen molar-refractivity contribution in [1.29, 1.82) is 0 Å². The maximum Gasteiger partial charge on any atom is 0.333 e. The molecule has 0 spiro atoms. The number of hydrogen-bond donors (Lipinski definition) is 0. The predicted octanol–water partition coefficient (Wildman–Crippen LogP) is 4.96. The second-order valence-corrected chi connectivity index (χ2v) is 9.80. The molecule has 0 bridgehead atoms. The van der Waals surface area contributed by atoms with Crippen LogP contribution >= 0.6 is 0 Å². The fraction of sp³-hybridized carbons (Fsp3) is 0.379. The molecule has 2 atom stereocenters. The van der Waals surface area contributed by atoms with Crippen molar-refractivity contribution in [2.45, 2.75) is 33.7 Å². The monoisotopic (exact) mass is 487 g/mol. The van der Waals surface area contributed by atoms with Gasteiger partial charge in [-0.2, -0.15) is 0 Å². The van der Waals surface area contributed by atoms with Gasteiger partial charge in [-0.1, -0.05) is 26.0 Å². The van der Waals surface area contributed by atoms with Gasteiger partial charge in [0.1, 0.15) is 5.75 Å². The molecule has 0 N–H and O–H groups in total. The van der Waals surface area contributed by atoms with Crippen molar-refractivity contribution in [2.24, 2.45) is 5.41 Å². The van der Waals surface area contributed by atoms with Crippen molar-refractivity contribution in [3.05, 3.63) is 77.5 Å². The zero-order valence-electron chi connectivity index (χ0n) is 23.4. The zero-order chi connectivity index (χ0) is 27.0. The topological polar surface area (TPSA) is 55.5 Å². The van der Waals surface area contributed by atoms with Crippen LogP contribution in [0, 0.1) is 5.41 Å². The SMILES string of the molecule is [2H]C1N(C)c2cc(OCCCn3c(=O)n(-c4cccnc4)c4ccccc43)ccc2N(CC)C([2H])C1(C)C. The van der Waals surface area contributed by atoms with Crippen LogP contribution in [0.1, 0.15) is 29.9 Å². The quantitative estimate of drug-likeness (QED) is 0.345. The van der Waals surface area contributed by atoms with Crippen molar-refractivity contribution >= 4 is 22.4 Å². The summed E-state index contributed by atoms with van der Waals surface area (Å²) in [6.45, 7) is 6.56. The van der Waals surface area contributed by atoms with Crippen molar-refractivity contribution in [3.63, 3.8) is 0 Å². The number of benzene rings is 2. The molecule has 188 valence electrons. The summed E-state index contributed by atoms with van der Waals surface area (Å²) in [7, 11) is 1.92. The van der Waals surface area contributed by atoms with Gasteiger partial charge in [-0.3, -0.25) is 14.1 Å². The van der Waals surface area contributed by atoms with Crippen LogP contribution in [-0.2, 0) is 6.54 Å². The van der Waals surface area contributed by atoms with E-state index in [1.807, 2.05) is 87.3 Å². The van der Waals surface area contributed by atoms with Gasteiger partial charge in [0.2, 0.25) is 0 Å². The molecule has 4 aromatic rings. The number of fused-ring (bicyclic) bond motifs is 2. The van der Waals surface area contributed by atoms with Crippen molar-refractivity contribution in [1.82, 2.24) is 14.1 Å². The first-order valence-corrected chi connectivity index (χ1v) is 12.5. The second-order valence-electron chi connectivity index (χ2n) is 9.80. The van der Waals surface area contributed by atoms with Gasteiger partial charge in [-0.25, -0.2) is 4.79 Å². The average Bonchev–Trinajstić information content (AvgIpc) is 3.19. The van der Waals surface area contributed by atoms with Crippen LogP contribution in [0.5, 0.6) is 5.75 Å². The minimum absolute atomic E-state index is 0.0976. The Bertz CT molecular complexity index is 1480. The van der Waals surface area contributed by atoms with E-state index in [0.29, 0.717) is 31.9 Å². The first-order chi connectivity index (χ1) is 18.3. The summed E-state index contributed by atoms with van der Waals surface area (Å²) in [5.41, 5.74) is 3.66. The Labute approximate surface area is 215 Å². The van der Waals surface area contributed by atoms with E-state index in [0.717, 1.165) is 28.1 Å². The lowest BCUT2D eigenvalue weighted by atomic mass is 9.92. The van der Waals surface area contributed by atoms with Crippen LogP contribution in [0.4, 0.5) is 11.4 Å². The van der Waals surface area contributed by atoms with Gasteiger partial charge in [0.15, 0.2) is 0 Å². The van der Waals surface area contributed by atoms with Crippen LogP contribution in [0.15, 0.2) is 71.8 Å². The summed E-state index contributed by atoms with van der Waals surface area (Å²) in [4.78, 5) is 21.5. The van der Waals surface area contributed by atoms with E-state index < -0.39 is 18.5 Å². The normalized spacial score (nSPS) is 20.0. The van der Waals surface area contributed by atoms with E-state index in [-0.39, 0.29) is 5.69 Å². The Hall–Kier alpha value is -3.74. The number of aromatic nitrogens is 3. The van der Waals surface area contributed by atoms with Gasteiger partial charge in [0.25, 0.3) is 0 Å². The highest BCUT2D eigenvalue weighted by Crippen LogP contribution is 2.38. The molecule has 7 heteroatoms. The van der Waals surface area contributed by atoms with Crippen molar-refractivity contribution in [3.8, 4) is 11.4 Å². The molecule has 1 aliphatic rings. The van der Waals surface area contributed by atoms with Gasteiger partial charge in [0, 0.05) is 48.2 Å². The van der Waals surface area contributed by atoms with Crippen LogP contribution < -0.4 is 20.2 Å². The molecule has 0 radical (unpaired) electrons. The lowest BCUT2D eigenvalue weighted by molar-refractivity contribution is 0.302. The number of rotatable bonds is 7. The number of ether oxygens (including phenoxy) is 1. The summed E-state index contributed by atoms with van der Waals surface area (Å²) in [5.74, 6) is 0.713. The van der Waals surface area contributed by atoms with Crippen LogP contribution in [0.3, 0.4) is 0 Å². The Morgan fingerprint density at radius 2 is 1.86 bits per heavy atom. The Morgan fingerprint density at radius 1 is 1.06 bits per heavy atom. The zero-order valence-corrected chi connectivity index (χ0v) is 21.4. The van der Waals surface area contributed by atoms with Gasteiger partial charge in [-0.15, -0.1) is 0 Å². The number of anilines is 2. The number of pyridine rings is 1. The van der Waals surface area contributed by atoms with Gasteiger partial charge < -0.3 is 14.5 Å². The molecule has 0 amide bonds. The maximum atomic E-state index is 13.4. The maximum absolute atomic E-state index is 13.4. The molecular formula is C29H35N5O2. The third kappa shape index (κ3) is 4.57. The lowest BCUT2D eigenvalue weighted by Gasteiger charge is -2.30. The largest absolute Gasteiger partial charge is 0.493 e. The molecule has 0 saturated carbocycles. The Kier molecular flexibility index (Phi) is 5.82. The third-order valence-corrected chi connectivity index (χ3v) is 6.53. The van der Waals surface area contributed by atoms with Crippen molar-refractivity contribution in [2.75, 3.05) is 43.0 Å². The molecule has 0 saturated heterocycles. The Balaban J connectivity index is 1.34. The molecule has 3 heterocycles. The third-order valence-electron chi connectivity index (χ3n) is 6.53. The second kappa shape index (κ2) is 9.72. The molecule has 36 heavy (non-hydrogen) atoms. The van der Waals surface area contributed by atoms with E-state index in [1.54, 1.807) is 21.5 Å². The summed E-state index contributed by atoms with van der Waals surface area (Å²) in [6, 6.07) is 17.4. The Morgan fingerprint density at radius 3 is 2.61 bits per heavy atom. The van der Waals surface area contributed by atoms with Gasteiger partial charge >= 0.3 is 5.69 Å². The van der Waals surface area contributed by atoms with E-state index in [2.05, 4.69) is 9.88 Å². The highest BCUT2D eigenvalue weighted by atomic mass is 16.5. The predicted molar refractivity (Wildman–Crippen MR) is 147 cm³/mol. The van der Waals surface area contributed by atoms with Crippen LogP contribution in [-0.4, -0.2) is 47.4 Å². The first-order valence-electron chi connectivity index (χ1n) is 13.6. The molecule has 2 aromatic heterocycles. The van der Waals surface area contributed by atoms with E-state index in [4.69, 9.17) is 7.48 Å². The first kappa shape index (κ1) is 21.5. The fourth-order valence-electron chi connectivity index (χ4n) is 5.03. The molecule has 2 aromatic carbocycles. The number of para-hydroxylation sites is 2. The molecule has 5 rings (SSSR count). The molecule has 1 aliphatic heterocycles. The smallest absolute Gasteiger partial charge is 0.333 e. The summed E-state index contributed by atoms with van der Waals surface area (Å²) in [6.07, 6.45) is 4.04. The number of aryl methyl sites for hydroxylation is 1. The standard InChI is InChI=1S/C29H35N5O2/c1-5-32-21-29(2,3)20-31(4)27-18-23(13-14-24(27)32)36-17-9-16-33-25-11-6-7-12-26(25)34(28(33)35)22-10-8-15-30-19-22/h6-8,10-15,18-19H,5,9,16-17,20-21H2,1-4H3/i20D,21D. The summed E-state index contributed by atoms with van der Waals surface area (Å²) >= 11 is 0. The minimum Gasteiger partial charge on any atom is -0.493 e. The number of imidazole rings is 1. The van der Waals surface area contributed by atoms with Crippen LogP contribution in [0.2, 0.25) is 0 Å². The lowest BCUT2D eigenvalue weighted by Crippen LogP contribution is -2.37. The minimum atomic E-state index is -0.570. The molecule has 0 aliphatic carbocycles. The van der Waals surface area contributed by atoms with Gasteiger partial charge in [-0.05, 0) is 55.2 Å². The molecule has 2 unspecified atom stereocenters. The van der Waals surface area contributed by atoms with Crippen LogP contribution in [0.25, 0.3) is 16.7 Å². The number of hydrogen-bond acceptors (Lipinski definition) is 5. The average molecular weight is 488 g/mol. The highest BCUT2D eigenvalue weighted by molar-refractivity contribution is 5.78. The van der Waals surface area contributed by atoms with Gasteiger partial charge in [0.05, 0.1) is 40.9 Å². The van der Waals surface area contributed by atoms with E-state index in [9.17, 15) is 4.79 Å².